The molecule has 3 N–H and O–H groups in total. The van der Waals surface area contributed by atoms with E-state index in [4.69, 9.17) is 17.0 Å². The quantitative estimate of drug-likeness (QED) is 0.494. The lowest BCUT2D eigenvalue weighted by Gasteiger charge is -2.14. The maximum Gasteiger partial charge on any atom is 0.262 e. The van der Waals surface area contributed by atoms with E-state index in [0.717, 1.165) is 12.2 Å². The summed E-state index contributed by atoms with van der Waals surface area (Å²) in [6, 6.07) is 3.47. The average Bonchev–Trinajstić information content (AvgIpc) is 3.06. The number of aliphatic hydroxyl groups is 1. The molecule has 1 aliphatic carbocycles. The number of nitrogens with one attached hydrogen (secondary N) is 2. The molecule has 1 aliphatic rings. The molecule has 2 aromatic heterocycles. The first-order chi connectivity index (χ1) is 13.0. The Morgan fingerprint density at radius 3 is 2.85 bits per heavy atom. The van der Waals surface area contributed by atoms with Crippen LogP contribution in [0.3, 0.4) is 0 Å². The van der Waals surface area contributed by atoms with Gasteiger partial charge in [-0.25, -0.2) is 9.97 Å². The summed E-state index contributed by atoms with van der Waals surface area (Å²) in [6.07, 6.45) is 2.52. The van der Waals surface area contributed by atoms with Crippen molar-refractivity contribution in [3.63, 3.8) is 0 Å². The van der Waals surface area contributed by atoms with Gasteiger partial charge in [0.15, 0.2) is 10.9 Å². The number of carbonyl (C=O) groups excluding carboxylic acids is 1. The summed E-state index contributed by atoms with van der Waals surface area (Å²) in [5.74, 6) is 0.466. The molecule has 7 nitrogen and oxygen atoms in total. The number of anilines is 2. The highest BCUT2D eigenvalue weighted by molar-refractivity contribution is 7.80. The first-order valence-electron chi connectivity index (χ1n) is 8.64. The van der Waals surface area contributed by atoms with Crippen LogP contribution >= 0.6 is 23.6 Å². The molecule has 0 aliphatic heterocycles. The minimum absolute atomic E-state index is 0.0233. The zero-order valence-electron chi connectivity index (χ0n) is 15.0. The van der Waals surface area contributed by atoms with Crippen molar-refractivity contribution in [1.29, 1.82) is 0 Å². The summed E-state index contributed by atoms with van der Waals surface area (Å²) in [5, 5.41) is 17.4. The number of thiazole rings is 1. The maximum atomic E-state index is 12.8. The van der Waals surface area contributed by atoms with Crippen molar-refractivity contribution in [2.24, 2.45) is 0 Å². The smallest absolute Gasteiger partial charge is 0.262 e. The number of Topliss-reactive ketones (excluding diaryl/α,β-unsaturated/α-hetero) is 1. The molecule has 0 radical (unpaired) electrons. The van der Waals surface area contributed by atoms with Crippen LogP contribution in [0, 0.1) is 0 Å². The number of hydrogen-bond donors (Lipinski definition) is 3. The van der Waals surface area contributed by atoms with E-state index in [0.29, 0.717) is 46.4 Å². The van der Waals surface area contributed by atoms with Crippen molar-refractivity contribution in [3.05, 3.63) is 40.0 Å². The molecule has 0 amide bonds. The summed E-state index contributed by atoms with van der Waals surface area (Å²) in [7, 11) is 0. The Kier molecular flexibility index (Phi) is 6.02. The molecule has 0 spiro atoms. The van der Waals surface area contributed by atoms with Gasteiger partial charge < -0.3 is 15.2 Å². The molecule has 0 bridgehead atoms. The van der Waals surface area contributed by atoms with Gasteiger partial charge in [-0.1, -0.05) is 11.3 Å². The van der Waals surface area contributed by atoms with Crippen LogP contribution in [0.1, 0.15) is 41.2 Å². The molecule has 0 unspecified atom stereocenters. The van der Waals surface area contributed by atoms with E-state index < -0.39 is 0 Å². The Labute approximate surface area is 166 Å². The zero-order chi connectivity index (χ0) is 19.4. The summed E-state index contributed by atoms with van der Waals surface area (Å²) < 4.78 is 5.20. The predicted molar refractivity (Wildman–Crippen MR) is 111 cm³/mol. The van der Waals surface area contributed by atoms with Crippen LogP contribution in [-0.4, -0.2) is 39.2 Å². The minimum atomic E-state index is -0.221. The molecule has 142 valence electrons. The zero-order valence-corrected chi connectivity index (χ0v) is 16.7. The highest BCUT2D eigenvalue weighted by Gasteiger charge is 2.28. The number of aromatic nitrogens is 2. The van der Waals surface area contributed by atoms with Crippen molar-refractivity contribution in [2.75, 3.05) is 23.8 Å². The number of allylic oxidation sites excluding steroid dienone is 1. The van der Waals surface area contributed by atoms with Crippen LogP contribution in [0.5, 0.6) is 0 Å². The number of ether oxygens (including phenoxy) is 1. The lowest BCUT2D eigenvalue weighted by Crippen LogP contribution is -2.13. The summed E-state index contributed by atoms with van der Waals surface area (Å²) in [4.78, 5) is 22.1. The molecule has 0 aromatic carbocycles. The molecule has 0 saturated heterocycles. The number of pyridine rings is 1. The number of thiocarbonyl (C=S) groups is 1. The predicted octanol–water partition coefficient (Wildman–Crippen LogP) is 3.80. The largest absolute Gasteiger partial charge is 0.506 e. The van der Waals surface area contributed by atoms with Gasteiger partial charge in [-0.15, -0.1) is 0 Å². The Morgan fingerprint density at radius 2 is 2.19 bits per heavy atom. The van der Waals surface area contributed by atoms with Gasteiger partial charge in [0.25, 0.3) is 5.17 Å². The standard InChI is InChI=1S/C18H20N4O3S2/c1-3-19-13-8-5-10(9-20-13)14(23)11-6-7-12-16(15(11)24)27-17(21-12)22-18(26)25-4-2/h5,8-9,24H,3-4,6-7H2,1-2H3,(H,19,20)(H,21,22,26). The Balaban J connectivity index is 1.83. The van der Waals surface area contributed by atoms with E-state index in [1.165, 1.54) is 17.5 Å². The fraction of sp³-hybridized carbons (Fsp3) is 0.333. The molecule has 0 atom stereocenters. The second-order valence-electron chi connectivity index (χ2n) is 5.76. The van der Waals surface area contributed by atoms with E-state index in [9.17, 15) is 9.90 Å². The molecular weight excluding hydrogens is 384 g/mol. The summed E-state index contributed by atoms with van der Waals surface area (Å²) in [5.41, 5.74) is 1.57. The number of ketones is 1. The van der Waals surface area contributed by atoms with E-state index in [1.807, 2.05) is 13.8 Å². The molecular formula is C18H20N4O3S2. The Morgan fingerprint density at radius 1 is 1.37 bits per heavy atom. The molecule has 27 heavy (non-hydrogen) atoms. The molecule has 2 aromatic rings. The Bertz CT molecular complexity index is 891. The number of nitrogens with zero attached hydrogens (tertiary/aromatic N) is 2. The SMILES string of the molecule is CCNc1ccc(C(=O)C2=C(O)c3sc(NC(=S)OCC)nc3CC2)cn1. The molecule has 3 rings (SSSR count). The van der Waals surface area contributed by atoms with Crippen LogP contribution in [-0.2, 0) is 11.2 Å². The average molecular weight is 405 g/mol. The summed E-state index contributed by atoms with van der Waals surface area (Å²) >= 11 is 6.30. The molecule has 2 heterocycles. The van der Waals surface area contributed by atoms with E-state index in [1.54, 1.807) is 12.1 Å². The van der Waals surface area contributed by atoms with Crippen molar-refractivity contribution in [2.45, 2.75) is 26.7 Å². The fourth-order valence-corrected chi connectivity index (χ4v) is 3.98. The van der Waals surface area contributed by atoms with Gasteiger partial charge in [0.1, 0.15) is 11.6 Å². The normalized spacial score (nSPS) is 13.1. The van der Waals surface area contributed by atoms with Crippen molar-refractivity contribution in [3.8, 4) is 0 Å². The number of hydrogen-bond acceptors (Lipinski definition) is 8. The van der Waals surface area contributed by atoms with E-state index >= 15 is 0 Å². The van der Waals surface area contributed by atoms with Crippen molar-refractivity contribution in [1.82, 2.24) is 9.97 Å². The van der Waals surface area contributed by atoms with Gasteiger partial charge in [-0.2, -0.15) is 0 Å². The van der Waals surface area contributed by atoms with Gasteiger partial charge in [0.05, 0.1) is 17.2 Å². The van der Waals surface area contributed by atoms with E-state index in [2.05, 4.69) is 20.6 Å². The van der Waals surface area contributed by atoms with Crippen LogP contribution in [0.25, 0.3) is 5.76 Å². The second kappa shape index (κ2) is 8.45. The third kappa shape index (κ3) is 4.25. The van der Waals surface area contributed by atoms with Crippen LogP contribution in [0.15, 0.2) is 23.9 Å². The van der Waals surface area contributed by atoms with Gasteiger partial charge in [-0.05, 0) is 51.0 Å². The van der Waals surface area contributed by atoms with Crippen molar-refractivity contribution < 1.29 is 14.6 Å². The monoisotopic (exact) mass is 404 g/mol. The minimum Gasteiger partial charge on any atom is -0.506 e. The van der Waals surface area contributed by atoms with Crippen LogP contribution < -0.4 is 10.6 Å². The van der Waals surface area contributed by atoms with Gasteiger partial charge in [0.2, 0.25) is 0 Å². The number of aliphatic hydroxyl groups excluding tert-OH is 1. The second-order valence-corrected chi connectivity index (χ2v) is 7.13. The van der Waals surface area contributed by atoms with E-state index in [-0.39, 0.29) is 16.7 Å². The van der Waals surface area contributed by atoms with Crippen molar-refractivity contribution >= 4 is 51.2 Å². The first-order valence-corrected chi connectivity index (χ1v) is 9.86. The molecule has 0 fully saturated rings. The lowest BCUT2D eigenvalue weighted by atomic mass is 9.93. The number of carbonyl (C=O) groups is 1. The fourth-order valence-electron chi connectivity index (χ4n) is 2.72. The topological polar surface area (TPSA) is 96.4 Å². The van der Waals surface area contributed by atoms with Gasteiger partial charge in [0, 0.05) is 23.9 Å². The maximum absolute atomic E-state index is 12.8. The number of fused-ring (bicyclic) bond motifs is 1. The lowest BCUT2D eigenvalue weighted by molar-refractivity contribution is 0.102. The highest BCUT2D eigenvalue weighted by Crippen LogP contribution is 2.37. The highest BCUT2D eigenvalue weighted by atomic mass is 32.1. The number of rotatable bonds is 6. The van der Waals surface area contributed by atoms with Gasteiger partial charge >= 0.3 is 0 Å². The van der Waals surface area contributed by atoms with Gasteiger partial charge in [-0.3, -0.25) is 10.1 Å². The third-order valence-electron chi connectivity index (χ3n) is 3.95. The third-order valence-corrected chi connectivity index (χ3v) is 5.19. The molecule has 0 saturated carbocycles. The summed E-state index contributed by atoms with van der Waals surface area (Å²) in [6.45, 7) is 5.03. The van der Waals surface area contributed by atoms with Crippen LogP contribution in [0.2, 0.25) is 0 Å². The Hall–Kier alpha value is -2.52. The molecule has 9 heteroatoms. The number of aryl methyl sites for hydroxylation is 1. The van der Waals surface area contributed by atoms with Crippen LogP contribution in [0.4, 0.5) is 10.9 Å². The first kappa shape index (κ1) is 19.2.